The lowest BCUT2D eigenvalue weighted by molar-refractivity contribution is 0.0697. The Balaban J connectivity index is 2.23. The molecule has 1 aromatic heterocycles. The predicted molar refractivity (Wildman–Crippen MR) is 74.5 cm³/mol. The second kappa shape index (κ2) is 5.44. The van der Waals surface area contributed by atoms with Crippen LogP contribution < -0.4 is 10.6 Å². The normalized spacial score (nSPS) is 17.4. The van der Waals surface area contributed by atoms with Crippen molar-refractivity contribution in [2.75, 3.05) is 37.8 Å². The number of nitrogen functional groups attached to an aromatic ring is 1. The van der Waals surface area contributed by atoms with Gasteiger partial charge in [0.25, 0.3) is 0 Å². The molecule has 1 fully saturated rings. The van der Waals surface area contributed by atoms with Crippen LogP contribution in [0.4, 0.5) is 11.5 Å². The smallest absolute Gasteiger partial charge is 0.338 e. The minimum Gasteiger partial charge on any atom is -0.478 e. The van der Waals surface area contributed by atoms with Gasteiger partial charge in [-0.3, -0.25) is 0 Å². The minimum atomic E-state index is -0.969. The number of hydrogen-bond donors (Lipinski definition) is 2. The maximum absolute atomic E-state index is 11.3. The van der Waals surface area contributed by atoms with Gasteiger partial charge < -0.3 is 20.6 Å². The van der Waals surface area contributed by atoms with E-state index in [1.165, 1.54) is 6.07 Å². The number of piperidine rings is 1. The zero-order valence-corrected chi connectivity index (χ0v) is 11.3. The number of pyridine rings is 1. The molecule has 0 bridgehead atoms. The van der Waals surface area contributed by atoms with E-state index in [1.807, 2.05) is 11.9 Å². The predicted octanol–water partition coefficient (Wildman–Crippen LogP) is 0.892. The zero-order chi connectivity index (χ0) is 14.0. The summed E-state index contributed by atoms with van der Waals surface area (Å²) in [6.45, 7) is 2.06. The zero-order valence-electron chi connectivity index (χ0n) is 11.3. The number of likely N-dealkylation sites (tertiary alicyclic amines) is 1. The van der Waals surface area contributed by atoms with Crippen LogP contribution in [0.15, 0.2) is 12.3 Å². The number of hydrogen-bond acceptors (Lipinski definition) is 5. The summed E-state index contributed by atoms with van der Waals surface area (Å²) >= 11 is 0. The molecule has 1 aliphatic heterocycles. The number of aromatic carboxylic acids is 1. The summed E-state index contributed by atoms with van der Waals surface area (Å²) in [5.74, 6) is -0.734. The van der Waals surface area contributed by atoms with Gasteiger partial charge in [-0.05, 0) is 39.0 Å². The maximum Gasteiger partial charge on any atom is 0.338 e. The summed E-state index contributed by atoms with van der Waals surface area (Å²) in [6.07, 6.45) is 3.60. The first-order valence-electron chi connectivity index (χ1n) is 6.39. The fourth-order valence-electron chi connectivity index (χ4n) is 2.50. The first-order valence-corrected chi connectivity index (χ1v) is 6.39. The Morgan fingerprint density at radius 1 is 1.53 bits per heavy atom. The first-order chi connectivity index (χ1) is 8.99. The van der Waals surface area contributed by atoms with Crippen LogP contribution in [0.5, 0.6) is 0 Å². The first kappa shape index (κ1) is 13.6. The molecule has 0 amide bonds. The lowest BCUT2D eigenvalue weighted by Crippen LogP contribution is -2.42. The molecular formula is C13H20N4O2. The molecule has 19 heavy (non-hydrogen) atoms. The van der Waals surface area contributed by atoms with E-state index in [2.05, 4.69) is 16.9 Å². The summed E-state index contributed by atoms with van der Waals surface area (Å²) in [5.41, 5.74) is 6.41. The molecule has 1 saturated heterocycles. The molecule has 2 heterocycles. The highest BCUT2D eigenvalue weighted by Crippen LogP contribution is 2.25. The highest BCUT2D eigenvalue weighted by atomic mass is 16.4. The molecule has 0 atom stereocenters. The molecule has 0 aliphatic carbocycles. The number of carbonyl (C=O) groups is 1. The molecule has 1 aromatic rings. The summed E-state index contributed by atoms with van der Waals surface area (Å²) in [7, 11) is 4.03. The van der Waals surface area contributed by atoms with Crippen LogP contribution in [0.2, 0.25) is 0 Å². The number of carboxylic acids is 1. The van der Waals surface area contributed by atoms with Gasteiger partial charge in [0.1, 0.15) is 5.82 Å². The van der Waals surface area contributed by atoms with Gasteiger partial charge in [-0.2, -0.15) is 0 Å². The van der Waals surface area contributed by atoms with Gasteiger partial charge in [-0.1, -0.05) is 0 Å². The monoisotopic (exact) mass is 264 g/mol. The number of carboxylic acid groups (broad SMARTS) is 1. The Morgan fingerprint density at radius 2 is 2.16 bits per heavy atom. The number of nitrogens with zero attached hydrogens (tertiary/aromatic N) is 3. The number of aromatic nitrogens is 1. The fraction of sp³-hybridized carbons (Fsp3) is 0.538. The SMILES string of the molecule is CN1CCC(N(C)c2cnc(N)cc2C(=O)O)CC1. The molecule has 2 rings (SSSR count). The van der Waals surface area contributed by atoms with Crippen LogP contribution in [-0.4, -0.2) is 54.2 Å². The van der Waals surface area contributed by atoms with Gasteiger partial charge in [0, 0.05) is 13.1 Å². The maximum atomic E-state index is 11.3. The molecule has 3 N–H and O–H groups in total. The van der Waals surface area contributed by atoms with Crippen molar-refractivity contribution < 1.29 is 9.90 Å². The van der Waals surface area contributed by atoms with Crippen molar-refractivity contribution in [3.05, 3.63) is 17.8 Å². The van der Waals surface area contributed by atoms with E-state index in [4.69, 9.17) is 5.73 Å². The molecule has 6 nitrogen and oxygen atoms in total. The van der Waals surface area contributed by atoms with Crippen molar-refractivity contribution in [2.45, 2.75) is 18.9 Å². The van der Waals surface area contributed by atoms with Gasteiger partial charge in [0.2, 0.25) is 0 Å². The minimum absolute atomic E-state index is 0.217. The third-order valence-corrected chi connectivity index (χ3v) is 3.75. The van der Waals surface area contributed by atoms with E-state index in [-0.39, 0.29) is 11.4 Å². The Labute approximate surface area is 112 Å². The van der Waals surface area contributed by atoms with Crippen LogP contribution >= 0.6 is 0 Å². The standard InChI is InChI=1S/C13H20N4O2/c1-16-5-3-9(4-6-16)17(2)11-8-15-12(14)7-10(11)13(18)19/h7-9H,3-6H2,1-2H3,(H2,14,15)(H,18,19). The number of nitrogens with two attached hydrogens (primary N) is 1. The molecule has 0 radical (unpaired) electrons. The molecule has 6 heteroatoms. The van der Waals surface area contributed by atoms with E-state index in [9.17, 15) is 9.90 Å². The number of rotatable bonds is 3. The molecule has 0 saturated carbocycles. The second-order valence-corrected chi connectivity index (χ2v) is 5.08. The summed E-state index contributed by atoms with van der Waals surface area (Å²) in [4.78, 5) is 19.6. The largest absolute Gasteiger partial charge is 0.478 e. The Morgan fingerprint density at radius 3 is 2.74 bits per heavy atom. The van der Waals surface area contributed by atoms with Gasteiger partial charge in [-0.15, -0.1) is 0 Å². The Hall–Kier alpha value is -1.82. The van der Waals surface area contributed by atoms with E-state index in [1.54, 1.807) is 6.20 Å². The van der Waals surface area contributed by atoms with Gasteiger partial charge in [0.05, 0.1) is 17.4 Å². The summed E-state index contributed by atoms with van der Waals surface area (Å²) in [6, 6.07) is 1.77. The van der Waals surface area contributed by atoms with Crippen molar-refractivity contribution in [3.63, 3.8) is 0 Å². The van der Waals surface area contributed by atoms with Crippen LogP contribution in [0.25, 0.3) is 0 Å². The Bertz CT molecular complexity index is 470. The quantitative estimate of drug-likeness (QED) is 0.843. The van der Waals surface area contributed by atoms with Gasteiger partial charge in [-0.25, -0.2) is 9.78 Å². The highest BCUT2D eigenvalue weighted by Gasteiger charge is 2.24. The third-order valence-electron chi connectivity index (χ3n) is 3.75. The molecule has 104 valence electrons. The van der Waals surface area contributed by atoms with Crippen molar-refractivity contribution in [1.82, 2.24) is 9.88 Å². The van der Waals surface area contributed by atoms with E-state index < -0.39 is 5.97 Å². The number of anilines is 2. The molecule has 0 aromatic carbocycles. The van der Waals surface area contributed by atoms with Crippen LogP contribution in [0, 0.1) is 0 Å². The summed E-state index contributed by atoms with van der Waals surface area (Å²) < 4.78 is 0. The molecule has 1 aliphatic rings. The van der Waals surface area contributed by atoms with Crippen molar-refractivity contribution >= 4 is 17.5 Å². The van der Waals surface area contributed by atoms with Gasteiger partial charge in [0.15, 0.2) is 0 Å². The van der Waals surface area contributed by atoms with Crippen molar-refractivity contribution in [1.29, 1.82) is 0 Å². The van der Waals surface area contributed by atoms with E-state index in [0.29, 0.717) is 11.7 Å². The van der Waals surface area contributed by atoms with Crippen LogP contribution in [0.3, 0.4) is 0 Å². The van der Waals surface area contributed by atoms with Crippen molar-refractivity contribution in [2.24, 2.45) is 0 Å². The summed E-state index contributed by atoms with van der Waals surface area (Å²) in [5, 5.41) is 9.26. The average molecular weight is 264 g/mol. The average Bonchev–Trinajstić information content (AvgIpc) is 2.38. The second-order valence-electron chi connectivity index (χ2n) is 5.08. The third kappa shape index (κ3) is 2.96. The lowest BCUT2D eigenvalue weighted by atomic mass is 10.0. The van der Waals surface area contributed by atoms with E-state index in [0.717, 1.165) is 25.9 Å². The Kier molecular flexibility index (Phi) is 3.90. The van der Waals surface area contributed by atoms with Crippen LogP contribution in [0.1, 0.15) is 23.2 Å². The topological polar surface area (TPSA) is 82.7 Å². The highest BCUT2D eigenvalue weighted by molar-refractivity contribution is 5.95. The molecular weight excluding hydrogens is 244 g/mol. The van der Waals surface area contributed by atoms with Crippen LogP contribution in [-0.2, 0) is 0 Å². The fourth-order valence-corrected chi connectivity index (χ4v) is 2.50. The molecule has 0 unspecified atom stereocenters. The van der Waals surface area contributed by atoms with Gasteiger partial charge >= 0.3 is 5.97 Å². The van der Waals surface area contributed by atoms with E-state index >= 15 is 0 Å². The van der Waals surface area contributed by atoms with Crippen molar-refractivity contribution in [3.8, 4) is 0 Å². The molecule has 0 spiro atoms. The lowest BCUT2D eigenvalue weighted by Gasteiger charge is -2.36.